The lowest BCUT2D eigenvalue weighted by molar-refractivity contribution is -0.114. The Morgan fingerprint density at radius 2 is 1.80 bits per heavy atom. The second-order valence-corrected chi connectivity index (χ2v) is 5.28. The lowest BCUT2D eigenvalue weighted by Gasteiger charge is -2.23. The molecule has 0 bridgehead atoms. The van der Waals surface area contributed by atoms with Crippen LogP contribution in [0.5, 0.6) is 17.2 Å². The number of aliphatic imine (C=N–C) groups is 1. The summed E-state index contributed by atoms with van der Waals surface area (Å²) in [5.41, 5.74) is 0.700. The van der Waals surface area contributed by atoms with Crippen molar-refractivity contribution in [3.8, 4) is 17.2 Å². The first-order chi connectivity index (χ1) is 12.0. The molecule has 0 unspecified atom stereocenters. The molecule has 130 valence electrons. The number of amidine groups is 2. The number of amides is 1. The Labute approximate surface area is 144 Å². The van der Waals surface area contributed by atoms with Crippen LogP contribution in [0.15, 0.2) is 34.5 Å². The highest BCUT2D eigenvalue weighted by Crippen LogP contribution is 2.39. The molecule has 0 atom stereocenters. The minimum absolute atomic E-state index is 0.0862. The van der Waals surface area contributed by atoms with E-state index in [1.54, 1.807) is 25.1 Å². The molecule has 8 heteroatoms. The van der Waals surface area contributed by atoms with E-state index in [9.17, 15) is 4.79 Å². The van der Waals surface area contributed by atoms with E-state index in [0.29, 0.717) is 34.4 Å². The van der Waals surface area contributed by atoms with Gasteiger partial charge in [-0.3, -0.25) is 10.2 Å². The first-order valence-corrected chi connectivity index (χ1v) is 7.38. The van der Waals surface area contributed by atoms with E-state index >= 15 is 0 Å². The SMILES string of the molecule is COc1cc(/C=C2\C(=N)N3OC(C)=CC3=NC2=O)cc(OC)c1OC. The van der Waals surface area contributed by atoms with Crippen molar-refractivity contribution in [3.05, 3.63) is 35.1 Å². The zero-order chi connectivity index (χ0) is 18.1. The van der Waals surface area contributed by atoms with Gasteiger partial charge in [-0.25, -0.2) is 0 Å². The van der Waals surface area contributed by atoms with Crippen molar-refractivity contribution in [2.75, 3.05) is 21.3 Å². The zero-order valence-corrected chi connectivity index (χ0v) is 14.2. The molecule has 0 aliphatic carbocycles. The lowest BCUT2D eigenvalue weighted by Crippen LogP contribution is -2.38. The summed E-state index contributed by atoms with van der Waals surface area (Å²) in [5.74, 6) is 1.60. The van der Waals surface area contributed by atoms with E-state index in [1.165, 1.54) is 32.5 Å². The van der Waals surface area contributed by atoms with Gasteiger partial charge in [-0.15, -0.1) is 5.06 Å². The molecule has 0 saturated heterocycles. The van der Waals surface area contributed by atoms with E-state index < -0.39 is 5.91 Å². The van der Waals surface area contributed by atoms with Crippen LogP contribution in [0.4, 0.5) is 0 Å². The molecule has 1 N–H and O–H groups in total. The van der Waals surface area contributed by atoms with Crippen LogP contribution in [0.25, 0.3) is 6.08 Å². The summed E-state index contributed by atoms with van der Waals surface area (Å²) in [6.07, 6.45) is 3.13. The summed E-state index contributed by atoms with van der Waals surface area (Å²) in [6, 6.07) is 3.37. The summed E-state index contributed by atoms with van der Waals surface area (Å²) < 4.78 is 15.9. The van der Waals surface area contributed by atoms with Crippen LogP contribution >= 0.6 is 0 Å². The number of hydrogen-bond acceptors (Lipinski definition) is 6. The van der Waals surface area contributed by atoms with Gasteiger partial charge >= 0.3 is 0 Å². The fraction of sp³-hybridized carbons (Fsp3) is 0.235. The standard InChI is InChI=1S/C17H17N3O5/c1-9-5-14-19-17(21)11(16(18)20(14)25-9)6-10-7-12(22-2)15(24-4)13(8-10)23-3/h5-8,18H,1-4H3/b11-6+,18-16?. The number of hydroxylamine groups is 2. The Hall–Kier alpha value is -3.29. The second-order valence-electron chi connectivity index (χ2n) is 5.28. The average Bonchev–Trinajstić information content (AvgIpc) is 2.97. The third kappa shape index (κ3) is 2.82. The third-order valence-corrected chi connectivity index (χ3v) is 3.68. The van der Waals surface area contributed by atoms with Crippen molar-refractivity contribution in [1.29, 1.82) is 5.41 Å². The molecule has 3 rings (SSSR count). The second kappa shape index (κ2) is 6.31. The van der Waals surface area contributed by atoms with Crippen LogP contribution < -0.4 is 14.2 Å². The van der Waals surface area contributed by atoms with Crippen molar-refractivity contribution in [1.82, 2.24) is 5.06 Å². The molecule has 25 heavy (non-hydrogen) atoms. The molecule has 2 aliphatic heterocycles. The Bertz CT molecular complexity index is 829. The van der Waals surface area contributed by atoms with E-state index in [4.69, 9.17) is 24.5 Å². The van der Waals surface area contributed by atoms with Gasteiger partial charge in [0, 0.05) is 6.08 Å². The maximum atomic E-state index is 12.3. The largest absolute Gasteiger partial charge is 0.493 e. The third-order valence-electron chi connectivity index (χ3n) is 3.68. The molecule has 0 saturated carbocycles. The molecule has 1 aromatic rings. The lowest BCUT2D eigenvalue weighted by atomic mass is 10.1. The minimum Gasteiger partial charge on any atom is -0.493 e. The van der Waals surface area contributed by atoms with Crippen molar-refractivity contribution >= 4 is 23.7 Å². The number of nitrogens with zero attached hydrogens (tertiary/aromatic N) is 2. The smallest absolute Gasteiger partial charge is 0.282 e. The molecule has 2 aliphatic rings. The minimum atomic E-state index is -0.514. The Kier molecular flexibility index (Phi) is 4.18. The van der Waals surface area contributed by atoms with Crippen LogP contribution in [0.3, 0.4) is 0 Å². The number of fused-ring (bicyclic) bond motifs is 1. The highest BCUT2D eigenvalue weighted by Gasteiger charge is 2.34. The van der Waals surface area contributed by atoms with Gasteiger partial charge in [0.05, 0.1) is 26.9 Å². The maximum absolute atomic E-state index is 12.3. The topological polar surface area (TPSA) is 93.4 Å². The van der Waals surface area contributed by atoms with Crippen molar-refractivity contribution in [3.63, 3.8) is 0 Å². The van der Waals surface area contributed by atoms with E-state index in [2.05, 4.69) is 4.99 Å². The van der Waals surface area contributed by atoms with Gasteiger partial charge in [-0.05, 0) is 30.7 Å². The number of ether oxygens (including phenoxy) is 3. The van der Waals surface area contributed by atoms with Gasteiger partial charge in [0.25, 0.3) is 5.91 Å². The van der Waals surface area contributed by atoms with Crippen LogP contribution in [0.2, 0.25) is 0 Å². The molecule has 0 fully saturated rings. The number of hydrogen-bond donors (Lipinski definition) is 1. The van der Waals surface area contributed by atoms with Gasteiger partial charge < -0.3 is 19.0 Å². The van der Waals surface area contributed by atoms with Crippen LogP contribution in [-0.4, -0.2) is 44.0 Å². The number of allylic oxidation sites excluding steroid dienone is 1. The fourth-order valence-electron chi connectivity index (χ4n) is 2.55. The quantitative estimate of drug-likeness (QED) is 0.842. The molecule has 0 spiro atoms. The predicted octanol–water partition coefficient (Wildman–Crippen LogP) is 2.16. The predicted molar refractivity (Wildman–Crippen MR) is 90.9 cm³/mol. The highest BCUT2D eigenvalue weighted by atomic mass is 16.7. The molecule has 0 radical (unpaired) electrons. The summed E-state index contributed by atoms with van der Waals surface area (Å²) in [6.45, 7) is 1.72. The van der Waals surface area contributed by atoms with E-state index in [-0.39, 0.29) is 11.4 Å². The number of nitrogens with one attached hydrogen (secondary N) is 1. The zero-order valence-electron chi connectivity index (χ0n) is 14.2. The van der Waals surface area contributed by atoms with Crippen molar-refractivity contribution in [2.24, 2.45) is 4.99 Å². The maximum Gasteiger partial charge on any atom is 0.282 e. The Morgan fingerprint density at radius 3 is 2.36 bits per heavy atom. The molecule has 8 nitrogen and oxygen atoms in total. The summed E-state index contributed by atoms with van der Waals surface area (Å²) in [5, 5.41) is 9.44. The molecular formula is C17H17N3O5. The van der Waals surface area contributed by atoms with E-state index in [0.717, 1.165) is 0 Å². The number of carbonyl (C=O) groups excluding carboxylic acids is 1. The molecule has 2 heterocycles. The van der Waals surface area contributed by atoms with Crippen molar-refractivity contribution in [2.45, 2.75) is 6.92 Å². The Balaban J connectivity index is 2.04. The number of carbonyl (C=O) groups is 1. The van der Waals surface area contributed by atoms with Gasteiger partial charge in [-0.1, -0.05) is 0 Å². The van der Waals surface area contributed by atoms with Crippen LogP contribution in [-0.2, 0) is 9.63 Å². The Morgan fingerprint density at radius 1 is 1.16 bits per heavy atom. The van der Waals surface area contributed by atoms with Gasteiger partial charge in [-0.2, -0.15) is 4.99 Å². The average molecular weight is 343 g/mol. The highest BCUT2D eigenvalue weighted by molar-refractivity contribution is 6.32. The molecule has 1 aromatic carbocycles. The first-order valence-electron chi connectivity index (χ1n) is 7.38. The summed E-state index contributed by atoms with van der Waals surface area (Å²) >= 11 is 0. The number of methoxy groups -OCH3 is 3. The normalized spacial score (nSPS) is 17.8. The number of benzene rings is 1. The first kappa shape index (κ1) is 16.6. The van der Waals surface area contributed by atoms with Crippen LogP contribution in [0, 0.1) is 5.41 Å². The molecule has 0 aromatic heterocycles. The molecular weight excluding hydrogens is 326 g/mol. The van der Waals surface area contributed by atoms with Crippen molar-refractivity contribution < 1.29 is 23.8 Å². The summed E-state index contributed by atoms with van der Waals surface area (Å²) in [4.78, 5) is 21.6. The van der Waals surface area contributed by atoms with Gasteiger partial charge in [0.2, 0.25) is 5.75 Å². The van der Waals surface area contributed by atoms with Gasteiger partial charge in [0.15, 0.2) is 23.2 Å². The van der Waals surface area contributed by atoms with E-state index in [1.807, 2.05) is 0 Å². The fourth-order valence-corrected chi connectivity index (χ4v) is 2.55. The number of rotatable bonds is 4. The van der Waals surface area contributed by atoms with Gasteiger partial charge in [0.1, 0.15) is 5.76 Å². The molecule has 1 amide bonds. The van der Waals surface area contributed by atoms with Crippen LogP contribution in [0.1, 0.15) is 12.5 Å². The summed E-state index contributed by atoms with van der Waals surface area (Å²) in [7, 11) is 4.52. The monoisotopic (exact) mass is 343 g/mol.